The lowest BCUT2D eigenvalue weighted by atomic mass is 10.0. The summed E-state index contributed by atoms with van der Waals surface area (Å²) in [6.45, 7) is 8.52. The Morgan fingerprint density at radius 2 is 1.45 bits per heavy atom. The van der Waals surface area contributed by atoms with E-state index in [4.69, 9.17) is 28.4 Å². The third kappa shape index (κ3) is 11.3. The first kappa shape index (κ1) is 32.8. The number of ether oxygens (including phenoxy) is 6. The number of esters is 1. The van der Waals surface area contributed by atoms with E-state index in [9.17, 15) is 14.0 Å². The van der Waals surface area contributed by atoms with E-state index in [1.807, 2.05) is 0 Å². The summed E-state index contributed by atoms with van der Waals surface area (Å²) in [5.41, 5.74) is 1.65. The monoisotopic (exact) mass is 586 g/mol. The molecule has 230 valence electrons. The van der Waals surface area contributed by atoms with Crippen molar-refractivity contribution in [2.75, 3.05) is 39.6 Å². The molecule has 0 saturated carbocycles. The number of carbonyl (C=O) groups is 2. The van der Waals surface area contributed by atoms with Crippen LogP contribution in [-0.2, 0) is 19.0 Å². The van der Waals surface area contributed by atoms with E-state index >= 15 is 0 Å². The molecule has 0 aromatic heterocycles. The Bertz CT molecular complexity index is 1150. The zero-order valence-electron chi connectivity index (χ0n) is 24.8. The number of unbranched alkanes of at least 4 members (excludes halogenated alkanes) is 7. The summed E-state index contributed by atoms with van der Waals surface area (Å²) < 4.78 is 47.4. The largest absolute Gasteiger partial charge is 0.508 e. The molecule has 0 unspecified atom stereocenters. The van der Waals surface area contributed by atoms with Gasteiger partial charge in [-0.1, -0.05) is 70.6 Å². The molecule has 9 heteroatoms. The number of rotatable bonds is 19. The molecule has 0 atom stereocenters. The number of hydrogen-bond donors (Lipinski definition) is 0. The number of cyclic esters (lactones) is 2. The first-order chi connectivity index (χ1) is 20.4. The summed E-state index contributed by atoms with van der Waals surface area (Å²) in [5.74, 6) is -0.0213. The van der Waals surface area contributed by atoms with Crippen LogP contribution in [-0.4, -0.2) is 51.8 Å². The van der Waals surface area contributed by atoms with Gasteiger partial charge in [0.2, 0.25) is 0 Å². The second-order valence-corrected chi connectivity index (χ2v) is 10.4. The Kier molecular flexibility index (Phi) is 14.0. The maximum atomic E-state index is 14.9. The Labute approximate surface area is 248 Å². The average molecular weight is 587 g/mol. The molecule has 42 heavy (non-hydrogen) atoms. The minimum Gasteiger partial charge on any atom is -0.491 e. The van der Waals surface area contributed by atoms with Crippen LogP contribution in [0.25, 0.3) is 11.1 Å². The first-order valence-electron chi connectivity index (χ1n) is 14.8. The predicted molar refractivity (Wildman–Crippen MR) is 157 cm³/mol. The summed E-state index contributed by atoms with van der Waals surface area (Å²) >= 11 is 0. The van der Waals surface area contributed by atoms with Gasteiger partial charge >= 0.3 is 12.1 Å². The van der Waals surface area contributed by atoms with Crippen molar-refractivity contribution >= 4 is 12.1 Å². The molecular weight excluding hydrogens is 543 g/mol. The Morgan fingerprint density at radius 3 is 2.12 bits per heavy atom. The van der Waals surface area contributed by atoms with Gasteiger partial charge in [-0.3, -0.25) is 0 Å². The van der Waals surface area contributed by atoms with Crippen LogP contribution in [0, 0.1) is 11.7 Å². The highest BCUT2D eigenvalue weighted by atomic mass is 19.1. The molecule has 0 spiro atoms. The highest BCUT2D eigenvalue weighted by molar-refractivity contribution is 5.86. The highest BCUT2D eigenvalue weighted by Crippen LogP contribution is 2.35. The van der Waals surface area contributed by atoms with E-state index in [0.29, 0.717) is 34.8 Å². The Hall–Kier alpha value is -3.75. The fourth-order valence-electron chi connectivity index (χ4n) is 4.31. The van der Waals surface area contributed by atoms with Crippen molar-refractivity contribution in [3.63, 3.8) is 0 Å². The molecule has 1 saturated heterocycles. The minimum atomic E-state index is -0.694. The van der Waals surface area contributed by atoms with E-state index in [-0.39, 0.29) is 44.7 Å². The normalized spacial score (nSPS) is 13.2. The minimum absolute atomic E-state index is 0.0152. The molecular formula is C33H43FO8. The Morgan fingerprint density at radius 1 is 0.833 bits per heavy atom. The van der Waals surface area contributed by atoms with Crippen molar-refractivity contribution in [2.45, 2.75) is 65.2 Å². The molecule has 0 radical (unpaired) electrons. The molecule has 2 aromatic carbocycles. The fourth-order valence-corrected chi connectivity index (χ4v) is 4.31. The van der Waals surface area contributed by atoms with Crippen LogP contribution in [0.15, 0.2) is 48.6 Å². The first-order valence-corrected chi connectivity index (χ1v) is 14.8. The maximum absolute atomic E-state index is 14.9. The van der Waals surface area contributed by atoms with Crippen molar-refractivity contribution in [3.05, 3.63) is 54.4 Å². The van der Waals surface area contributed by atoms with Crippen LogP contribution in [0.4, 0.5) is 9.18 Å². The SMILES string of the molecule is C=C(C)C(=O)OCCOc1cc(-c2ccc(OCCCCCCCCCC)c(F)c2)ccc1OCC1COC(=O)OC1. The molecule has 0 N–H and O–H groups in total. The van der Waals surface area contributed by atoms with Crippen molar-refractivity contribution in [3.8, 4) is 28.4 Å². The molecule has 1 aliphatic heterocycles. The summed E-state index contributed by atoms with van der Waals surface area (Å²) in [6, 6.07) is 10.1. The van der Waals surface area contributed by atoms with Crippen LogP contribution in [0.5, 0.6) is 17.2 Å². The van der Waals surface area contributed by atoms with Crippen molar-refractivity contribution < 1.29 is 42.4 Å². The molecule has 0 bridgehead atoms. The van der Waals surface area contributed by atoms with E-state index in [0.717, 1.165) is 12.8 Å². The van der Waals surface area contributed by atoms with E-state index < -0.39 is 17.9 Å². The Balaban J connectivity index is 1.59. The molecule has 0 amide bonds. The van der Waals surface area contributed by atoms with Crippen molar-refractivity contribution in [2.24, 2.45) is 5.92 Å². The lowest BCUT2D eigenvalue weighted by Gasteiger charge is -2.22. The van der Waals surface area contributed by atoms with Crippen LogP contribution >= 0.6 is 0 Å². The van der Waals surface area contributed by atoms with Crippen LogP contribution in [0.3, 0.4) is 0 Å². The number of carbonyl (C=O) groups excluding carboxylic acids is 2. The van der Waals surface area contributed by atoms with Gasteiger partial charge < -0.3 is 28.4 Å². The van der Waals surface area contributed by atoms with Crippen LogP contribution in [0.1, 0.15) is 65.2 Å². The highest BCUT2D eigenvalue weighted by Gasteiger charge is 2.22. The van der Waals surface area contributed by atoms with Crippen molar-refractivity contribution in [1.29, 1.82) is 0 Å². The third-order valence-electron chi connectivity index (χ3n) is 6.74. The van der Waals surface area contributed by atoms with Gasteiger partial charge in [0.25, 0.3) is 0 Å². The molecule has 0 aliphatic carbocycles. The summed E-state index contributed by atoms with van der Waals surface area (Å²) in [6.07, 6.45) is 8.82. The van der Waals surface area contributed by atoms with E-state index in [1.165, 1.54) is 44.6 Å². The number of benzene rings is 2. The lowest BCUT2D eigenvalue weighted by molar-refractivity contribution is -0.139. The number of halogens is 1. The second kappa shape index (κ2) is 17.9. The topological polar surface area (TPSA) is 89.5 Å². The molecule has 1 heterocycles. The zero-order valence-corrected chi connectivity index (χ0v) is 24.8. The van der Waals surface area contributed by atoms with E-state index in [2.05, 4.69) is 13.5 Å². The summed E-state index contributed by atoms with van der Waals surface area (Å²) in [7, 11) is 0. The molecule has 1 fully saturated rings. The molecule has 2 aromatic rings. The second-order valence-electron chi connectivity index (χ2n) is 10.4. The number of hydrogen-bond acceptors (Lipinski definition) is 8. The molecule has 1 aliphatic rings. The lowest BCUT2D eigenvalue weighted by Crippen LogP contribution is -2.31. The summed E-state index contributed by atoms with van der Waals surface area (Å²) in [4.78, 5) is 22.8. The quantitative estimate of drug-likeness (QED) is 0.0941. The smallest absolute Gasteiger partial charge is 0.491 e. The summed E-state index contributed by atoms with van der Waals surface area (Å²) in [5, 5.41) is 0. The molecule has 3 rings (SSSR count). The zero-order chi connectivity index (χ0) is 30.2. The van der Waals surface area contributed by atoms with Crippen LogP contribution in [0.2, 0.25) is 0 Å². The van der Waals surface area contributed by atoms with Gasteiger partial charge in [0.05, 0.1) is 19.1 Å². The van der Waals surface area contributed by atoms with Gasteiger partial charge in [-0.25, -0.2) is 14.0 Å². The average Bonchev–Trinajstić information content (AvgIpc) is 2.99. The van der Waals surface area contributed by atoms with Gasteiger partial charge in [-0.05, 0) is 48.7 Å². The third-order valence-corrected chi connectivity index (χ3v) is 6.74. The molecule has 8 nitrogen and oxygen atoms in total. The van der Waals surface area contributed by atoms with Crippen LogP contribution < -0.4 is 14.2 Å². The van der Waals surface area contributed by atoms with Gasteiger partial charge in [-0.2, -0.15) is 0 Å². The van der Waals surface area contributed by atoms with Gasteiger partial charge in [0, 0.05) is 5.57 Å². The predicted octanol–water partition coefficient (Wildman–Crippen LogP) is 7.67. The van der Waals surface area contributed by atoms with E-state index in [1.54, 1.807) is 37.3 Å². The standard InChI is InChI=1S/C33H43FO8/c1-4-5-6-7-8-9-10-11-16-37-29-14-12-26(19-28(29)34)27-13-15-30(40-21-25-22-41-33(36)42-23-25)31(20-27)38-17-18-39-32(35)24(2)3/h12-15,19-20,25H,2,4-11,16-18,21-23H2,1,3H3. The maximum Gasteiger partial charge on any atom is 0.508 e. The van der Waals surface area contributed by atoms with Gasteiger partial charge in [0.15, 0.2) is 23.1 Å². The van der Waals surface area contributed by atoms with Crippen molar-refractivity contribution in [1.82, 2.24) is 0 Å². The fraction of sp³-hybridized carbons (Fsp3) is 0.515. The van der Waals surface area contributed by atoms with Gasteiger partial charge in [0.1, 0.15) is 26.4 Å². The van der Waals surface area contributed by atoms with Gasteiger partial charge in [-0.15, -0.1) is 0 Å².